The van der Waals surface area contributed by atoms with Gasteiger partial charge in [0.1, 0.15) is 5.76 Å². The smallest absolute Gasteiger partial charge is 0.308 e. The number of hydrogen-bond donors (Lipinski definition) is 0. The molecule has 0 fully saturated rings. The van der Waals surface area contributed by atoms with Crippen LogP contribution >= 0.6 is 11.6 Å². The van der Waals surface area contributed by atoms with Crippen molar-refractivity contribution >= 4 is 23.3 Å². The summed E-state index contributed by atoms with van der Waals surface area (Å²) in [6, 6.07) is 5.66. The van der Waals surface area contributed by atoms with Gasteiger partial charge in [-0.3, -0.25) is 4.79 Å². The van der Waals surface area contributed by atoms with Crippen LogP contribution in [0.5, 0.6) is 0 Å². The molecule has 0 saturated heterocycles. The van der Waals surface area contributed by atoms with Crippen molar-refractivity contribution in [3.8, 4) is 0 Å². The first-order valence-electron chi connectivity index (χ1n) is 4.75. The van der Waals surface area contributed by atoms with E-state index in [1.54, 1.807) is 0 Å². The molecule has 1 aromatic carbocycles. The lowest BCUT2D eigenvalue weighted by atomic mass is 10.1. The van der Waals surface area contributed by atoms with E-state index in [4.69, 9.17) is 16.3 Å². The molecule has 0 aromatic heterocycles. The summed E-state index contributed by atoms with van der Waals surface area (Å²) in [5, 5.41) is 0.660. The summed E-state index contributed by atoms with van der Waals surface area (Å²) in [7, 11) is 0. The van der Waals surface area contributed by atoms with Gasteiger partial charge in [-0.15, -0.1) is 0 Å². The minimum absolute atomic E-state index is 0.294. The summed E-state index contributed by atoms with van der Waals surface area (Å²) in [6.45, 7) is 3.37. The van der Waals surface area contributed by atoms with Gasteiger partial charge >= 0.3 is 5.97 Å². The highest BCUT2D eigenvalue weighted by atomic mass is 35.5. The van der Waals surface area contributed by atoms with Crippen LogP contribution in [-0.2, 0) is 16.0 Å². The van der Waals surface area contributed by atoms with Crippen LogP contribution in [0.4, 0.5) is 0 Å². The van der Waals surface area contributed by atoms with Crippen molar-refractivity contribution in [3.05, 3.63) is 39.9 Å². The Kier molecular flexibility index (Phi) is 2.53. The van der Waals surface area contributed by atoms with Crippen LogP contribution in [0, 0.1) is 0 Å². The molecule has 78 valence electrons. The maximum atomic E-state index is 11.0. The Morgan fingerprint density at radius 2 is 2.20 bits per heavy atom. The topological polar surface area (TPSA) is 26.3 Å². The Morgan fingerprint density at radius 3 is 2.87 bits per heavy atom. The SMILES string of the molecule is CC(=O)OC1=C(C)Cc2ccc(Cl)cc21. The molecule has 0 spiro atoms. The van der Waals surface area contributed by atoms with E-state index in [0.717, 1.165) is 23.1 Å². The lowest BCUT2D eigenvalue weighted by Gasteiger charge is -2.06. The fraction of sp³-hybridized carbons (Fsp3) is 0.250. The van der Waals surface area contributed by atoms with Gasteiger partial charge in [0.2, 0.25) is 0 Å². The zero-order valence-corrected chi connectivity index (χ0v) is 9.39. The molecule has 1 aliphatic carbocycles. The number of esters is 1. The molecule has 0 unspecified atom stereocenters. The molecule has 2 nitrogen and oxygen atoms in total. The molecule has 0 radical (unpaired) electrons. The summed E-state index contributed by atoms with van der Waals surface area (Å²) < 4.78 is 5.19. The molecule has 0 atom stereocenters. The van der Waals surface area contributed by atoms with Gasteiger partial charge < -0.3 is 4.74 Å². The molecule has 0 N–H and O–H groups in total. The number of fused-ring (bicyclic) bond motifs is 1. The molecular weight excluding hydrogens is 212 g/mol. The van der Waals surface area contributed by atoms with Crippen LogP contribution in [0.2, 0.25) is 5.02 Å². The molecule has 0 bridgehead atoms. The number of hydrogen-bond acceptors (Lipinski definition) is 2. The second kappa shape index (κ2) is 3.70. The van der Waals surface area contributed by atoms with E-state index in [-0.39, 0.29) is 5.97 Å². The van der Waals surface area contributed by atoms with Gasteiger partial charge in [-0.1, -0.05) is 17.7 Å². The molecule has 3 heteroatoms. The summed E-state index contributed by atoms with van der Waals surface area (Å²) in [5.74, 6) is 0.372. The van der Waals surface area contributed by atoms with E-state index in [9.17, 15) is 4.79 Å². The fourth-order valence-electron chi connectivity index (χ4n) is 1.80. The van der Waals surface area contributed by atoms with Gasteiger partial charge in [0, 0.05) is 17.5 Å². The van der Waals surface area contributed by atoms with Gasteiger partial charge in [-0.25, -0.2) is 0 Å². The van der Waals surface area contributed by atoms with Crippen LogP contribution in [0.3, 0.4) is 0 Å². The molecule has 0 saturated carbocycles. The molecule has 2 rings (SSSR count). The van der Waals surface area contributed by atoms with E-state index in [1.807, 2.05) is 25.1 Å². The number of benzene rings is 1. The standard InChI is InChI=1S/C12H11ClO2/c1-7-5-9-3-4-10(13)6-11(9)12(7)15-8(2)14/h3-4,6H,5H2,1-2H3. The molecule has 1 aromatic rings. The predicted octanol–water partition coefficient (Wildman–Crippen LogP) is 3.19. The van der Waals surface area contributed by atoms with E-state index in [2.05, 4.69) is 0 Å². The molecule has 0 amide bonds. The van der Waals surface area contributed by atoms with Crippen molar-refractivity contribution in [2.24, 2.45) is 0 Å². The van der Waals surface area contributed by atoms with Crippen molar-refractivity contribution in [1.82, 2.24) is 0 Å². The van der Waals surface area contributed by atoms with Crippen molar-refractivity contribution in [2.75, 3.05) is 0 Å². The zero-order chi connectivity index (χ0) is 11.0. The predicted molar refractivity (Wildman–Crippen MR) is 59.5 cm³/mol. The number of rotatable bonds is 1. The van der Waals surface area contributed by atoms with Gasteiger partial charge in [0.05, 0.1) is 0 Å². The molecule has 0 heterocycles. The highest BCUT2D eigenvalue weighted by Crippen LogP contribution is 2.34. The van der Waals surface area contributed by atoms with Gasteiger partial charge in [-0.2, -0.15) is 0 Å². The summed E-state index contributed by atoms with van der Waals surface area (Å²) in [6.07, 6.45) is 0.828. The van der Waals surface area contributed by atoms with E-state index >= 15 is 0 Å². The van der Waals surface area contributed by atoms with Crippen LogP contribution in [0.25, 0.3) is 5.76 Å². The summed E-state index contributed by atoms with van der Waals surface area (Å²) in [4.78, 5) is 11.0. The average Bonchev–Trinajstić information content (AvgIpc) is 2.43. The van der Waals surface area contributed by atoms with Gasteiger partial charge in [0.25, 0.3) is 0 Å². The van der Waals surface area contributed by atoms with E-state index in [0.29, 0.717) is 10.8 Å². The summed E-state index contributed by atoms with van der Waals surface area (Å²) >= 11 is 5.91. The minimum atomic E-state index is -0.294. The van der Waals surface area contributed by atoms with Crippen molar-refractivity contribution < 1.29 is 9.53 Å². The van der Waals surface area contributed by atoms with Gasteiger partial charge in [0.15, 0.2) is 0 Å². The normalized spacial score (nSPS) is 14.1. The molecule has 0 aliphatic heterocycles. The van der Waals surface area contributed by atoms with E-state index in [1.165, 1.54) is 6.92 Å². The first-order chi connectivity index (χ1) is 7.08. The Bertz CT molecular complexity index is 461. The Hall–Kier alpha value is -1.28. The van der Waals surface area contributed by atoms with Crippen LogP contribution in [0.15, 0.2) is 23.8 Å². The summed E-state index contributed by atoms with van der Waals surface area (Å²) in [5.41, 5.74) is 3.17. The Labute approximate surface area is 93.5 Å². The van der Waals surface area contributed by atoms with Crippen molar-refractivity contribution in [2.45, 2.75) is 20.3 Å². The number of carbonyl (C=O) groups excluding carboxylic acids is 1. The maximum Gasteiger partial charge on any atom is 0.308 e. The van der Waals surface area contributed by atoms with Crippen molar-refractivity contribution in [1.29, 1.82) is 0 Å². The zero-order valence-electron chi connectivity index (χ0n) is 8.63. The van der Waals surface area contributed by atoms with Crippen LogP contribution in [0.1, 0.15) is 25.0 Å². The van der Waals surface area contributed by atoms with Crippen LogP contribution < -0.4 is 0 Å². The quantitative estimate of drug-likeness (QED) is 0.683. The van der Waals surface area contributed by atoms with E-state index < -0.39 is 0 Å². The third-order valence-corrected chi connectivity index (χ3v) is 2.64. The van der Waals surface area contributed by atoms with Gasteiger partial charge in [-0.05, 0) is 36.6 Å². The number of ether oxygens (including phenoxy) is 1. The second-order valence-corrected chi connectivity index (χ2v) is 4.12. The largest absolute Gasteiger partial charge is 0.426 e. The number of carbonyl (C=O) groups is 1. The Balaban J connectivity index is 2.45. The maximum absolute atomic E-state index is 11.0. The highest BCUT2D eigenvalue weighted by molar-refractivity contribution is 6.30. The second-order valence-electron chi connectivity index (χ2n) is 3.68. The fourth-order valence-corrected chi connectivity index (χ4v) is 1.97. The first-order valence-corrected chi connectivity index (χ1v) is 5.12. The third-order valence-electron chi connectivity index (χ3n) is 2.41. The molecule has 1 aliphatic rings. The minimum Gasteiger partial charge on any atom is -0.426 e. The average molecular weight is 223 g/mol. The highest BCUT2D eigenvalue weighted by Gasteiger charge is 2.21. The number of allylic oxidation sites excluding steroid dienone is 1. The molecule has 15 heavy (non-hydrogen) atoms. The first kappa shape index (κ1) is 10.2. The third kappa shape index (κ3) is 1.90. The Morgan fingerprint density at radius 1 is 1.47 bits per heavy atom. The lowest BCUT2D eigenvalue weighted by Crippen LogP contribution is -1.98. The van der Waals surface area contributed by atoms with Crippen LogP contribution in [-0.4, -0.2) is 5.97 Å². The lowest BCUT2D eigenvalue weighted by molar-refractivity contribution is -0.134. The molecular formula is C12H11ClO2. The monoisotopic (exact) mass is 222 g/mol. The number of halogens is 1. The van der Waals surface area contributed by atoms with Crippen molar-refractivity contribution in [3.63, 3.8) is 0 Å².